The van der Waals surface area contributed by atoms with E-state index in [9.17, 15) is 13.2 Å². The first-order chi connectivity index (χ1) is 9.95. The van der Waals surface area contributed by atoms with Gasteiger partial charge in [-0.2, -0.15) is 13.2 Å². The predicted molar refractivity (Wildman–Crippen MR) is 69.9 cm³/mol. The molecule has 0 unspecified atom stereocenters. The third kappa shape index (κ3) is 3.29. The summed E-state index contributed by atoms with van der Waals surface area (Å²) < 4.78 is 39.3. The monoisotopic (exact) mass is 335 g/mol. The molecule has 2 aromatic rings. The molecular formula is C11H9ClF3N5S. The normalized spacial score (nSPS) is 15.4. The summed E-state index contributed by atoms with van der Waals surface area (Å²) in [6.45, 7) is 0. The molecule has 5 nitrogen and oxygen atoms in total. The molecule has 21 heavy (non-hydrogen) atoms. The second-order valence-corrected chi connectivity index (χ2v) is 5.94. The van der Waals surface area contributed by atoms with Gasteiger partial charge in [0, 0.05) is 6.20 Å². The third-order valence-corrected chi connectivity index (χ3v) is 4.33. The van der Waals surface area contributed by atoms with Crippen molar-refractivity contribution in [2.45, 2.75) is 35.8 Å². The van der Waals surface area contributed by atoms with Crippen LogP contribution >= 0.6 is 23.4 Å². The van der Waals surface area contributed by atoms with Crippen molar-refractivity contribution in [2.24, 2.45) is 0 Å². The van der Waals surface area contributed by atoms with Crippen LogP contribution in [0.15, 0.2) is 17.3 Å². The lowest BCUT2D eigenvalue weighted by Crippen LogP contribution is -2.06. The fraction of sp³-hybridized carbons (Fsp3) is 0.455. The first-order valence-corrected chi connectivity index (χ1v) is 7.44. The summed E-state index contributed by atoms with van der Waals surface area (Å²) in [5.74, 6) is 1.07. The van der Waals surface area contributed by atoms with E-state index in [1.54, 1.807) is 4.68 Å². The van der Waals surface area contributed by atoms with Crippen LogP contribution in [0.25, 0.3) is 0 Å². The minimum atomic E-state index is -4.45. The molecule has 0 N–H and O–H groups in total. The lowest BCUT2D eigenvalue weighted by molar-refractivity contribution is -0.137. The summed E-state index contributed by atoms with van der Waals surface area (Å²) in [7, 11) is 0. The zero-order chi connectivity index (χ0) is 15.0. The molecule has 1 aliphatic rings. The average molecular weight is 336 g/mol. The number of halogens is 4. The van der Waals surface area contributed by atoms with Gasteiger partial charge in [-0.1, -0.05) is 23.4 Å². The fourth-order valence-electron chi connectivity index (χ4n) is 1.73. The maximum Gasteiger partial charge on any atom is 0.417 e. The number of hydrogen-bond acceptors (Lipinski definition) is 5. The summed E-state index contributed by atoms with van der Waals surface area (Å²) in [4.78, 5) is 3.77. The van der Waals surface area contributed by atoms with Gasteiger partial charge in [-0.05, 0) is 29.3 Å². The van der Waals surface area contributed by atoms with Crippen molar-refractivity contribution in [3.63, 3.8) is 0 Å². The minimum Gasteiger partial charge on any atom is -0.248 e. The number of aromatic nitrogens is 5. The largest absolute Gasteiger partial charge is 0.417 e. The van der Waals surface area contributed by atoms with E-state index in [0.717, 1.165) is 25.1 Å². The van der Waals surface area contributed by atoms with Crippen molar-refractivity contribution in [1.29, 1.82) is 0 Å². The van der Waals surface area contributed by atoms with Crippen molar-refractivity contribution < 1.29 is 13.2 Å². The molecule has 0 aliphatic heterocycles. The first-order valence-electron chi connectivity index (χ1n) is 6.07. The Kier molecular flexibility index (Phi) is 3.78. The van der Waals surface area contributed by atoms with Crippen LogP contribution < -0.4 is 0 Å². The molecule has 10 heteroatoms. The van der Waals surface area contributed by atoms with Crippen molar-refractivity contribution in [3.05, 3.63) is 28.7 Å². The molecule has 1 saturated carbocycles. The summed E-state index contributed by atoms with van der Waals surface area (Å²) in [6.07, 6.45) is -1.59. The second kappa shape index (κ2) is 5.45. The number of nitrogens with zero attached hydrogens (tertiary/aromatic N) is 5. The lowest BCUT2D eigenvalue weighted by atomic mass is 10.3. The number of thioether (sulfide) groups is 1. The highest BCUT2D eigenvalue weighted by Gasteiger charge is 2.32. The van der Waals surface area contributed by atoms with Crippen molar-refractivity contribution in [2.75, 3.05) is 0 Å². The Bertz CT molecular complexity index is 656. The predicted octanol–water partition coefficient (Wildman–Crippen LogP) is 3.37. The Labute approximate surface area is 126 Å². The topological polar surface area (TPSA) is 56.5 Å². The number of rotatable bonds is 4. The minimum absolute atomic E-state index is 0.0275. The molecule has 2 aromatic heterocycles. The van der Waals surface area contributed by atoms with Crippen molar-refractivity contribution in [1.82, 2.24) is 25.2 Å². The Hall–Kier alpha value is -1.35. The van der Waals surface area contributed by atoms with Crippen LogP contribution in [0.4, 0.5) is 13.2 Å². The van der Waals surface area contributed by atoms with Gasteiger partial charge in [0.25, 0.3) is 0 Å². The third-order valence-electron chi connectivity index (χ3n) is 2.93. The summed E-state index contributed by atoms with van der Waals surface area (Å²) in [6, 6.07) is 1.22. The molecule has 0 saturated heterocycles. The van der Waals surface area contributed by atoms with Crippen LogP contribution in [-0.4, -0.2) is 25.2 Å². The zero-order valence-corrected chi connectivity index (χ0v) is 12.1. The fourth-order valence-corrected chi connectivity index (χ4v) is 2.84. The van der Waals surface area contributed by atoms with Gasteiger partial charge in [0.05, 0.1) is 22.4 Å². The molecule has 0 amide bonds. The highest BCUT2D eigenvalue weighted by Crippen LogP contribution is 2.37. The second-order valence-electron chi connectivity index (χ2n) is 4.57. The molecule has 0 aromatic carbocycles. The van der Waals surface area contributed by atoms with Crippen LogP contribution in [-0.2, 0) is 11.9 Å². The smallest absolute Gasteiger partial charge is 0.248 e. The Morgan fingerprint density at radius 1 is 1.38 bits per heavy atom. The maximum atomic E-state index is 12.5. The van der Waals surface area contributed by atoms with Crippen LogP contribution in [0, 0.1) is 0 Å². The van der Waals surface area contributed by atoms with E-state index in [1.165, 1.54) is 11.8 Å². The van der Waals surface area contributed by atoms with E-state index < -0.39 is 11.7 Å². The number of tetrazole rings is 1. The van der Waals surface area contributed by atoms with Gasteiger partial charge in [0.1, 0.15) is 5.03 Å². The number of alkyl halides is 3. The van der Waals surface area contributed by atoms with E-state index in [1.807, 2.05) is 0 Å². The van der Waals surface area contributed by atoms with E-state index in [0.29, 0.717) is 22.6 Å². The maximum absolute atomic E-state index is 12.5. The van der Waals surface area contributed by atoms with Crippen LogP contribution in [0.2, 0.25) is 5.02 Å². The van der Waals surface area contributed by atoms with Gasteiger partial charge in [-0.3, -0.25) is 0 Å². The summed E-state index contributed by atoms with van der Waals surface area (Å²) in [5.41, 5.74) is -0.861. The first kappa shape index (κ1) is 14.6. The standard InChI is InChI=1S/C11H9ClF3N5S/c12-8-3-6(11(13,14)15)4-16-10(8)21-5-9-17-18-19-20(9)7-1-2-7/h3-4,7H,1-2,5H2. The van der Waals surface area contributed by atoms with Gasteiger partial charge < -0.3 is 0 Å². The number of hydrogen-bond donors (Lipinski definition) is 0. The van der Waals surface area contributed by atoms with Gasteiger partial charge in [-0.25, -0.2) is 9.67 Å². The quantitative estimate of drug-likeness (QED) is 0.802. The Morgan fingerprint density at radius 3 is 2.76 bits per heavy atom. The molecular weight excluding hydrogens is 327 g/mol. The highest BCUT2D eigenvalue weighted by molar-refractivity contribution is 7.98. The molecule has 2 heterocycles. The molecule has 1 fully saturated rings. The summed E-state index contributed by atoms with van der Waals surface area (Å²) in [5, 5.41) is 11.7. The van der Waals surface area contributed by atoms with E-state index in [-0.39, 0.29) is 5.02 Å². The van der Waals surface area contributed by atoms with E-state index in [2.05, 4.69) is 20.5 Å². The molecule has 1 aliphatic carbocycles. The van der Waals surface area contributed by atoms with Gasteiger partial charge >= 0.3 is 6.18 Å². The molecule has 0 spiro atoms. The highest BCUT2D eigenvalue weighted by atomic mass is 35.5. The van der Waals surface area contributed by atoms with Crippen molar-refractivity contribution >= 4 is 23.4 Å². The molecule has 112 valence electrons. The molecule has 0 atom stereocenters. The number of pyridine rings is 1. The van der Waals surface area contributed by atoms with Gasteiger partial charge in [-0.15, -0.1) is 5.10 Å². The average Bonchev–Trinajstić information content (AvgIpc) is 3.15. The van der Waals surface area contributed by atoms with E-state index in [4.69, 9.17) is 11.6 Å². The molecule has 0 radical (unpaired) electrons. The van der Waals surface area contributed by atoms with Gasteiger partial charge in [0.15, 0.2) is 5.82 Å². The molecule has 0 bridgehead atoms. The zero-order valence-electron chi connectivity index (χ0n) is 10.5. The van der Waals surface area contributed by atoms with Crippen LogP contribution in [0.3, 0.4) is 0 Å². The molecule has 3 rings (SSSR count). The van der Waals surface area contributed by atoms with E-state index >= 15 is 0 Å². The lowest BCUT2D eigenvalue weighted by Gasteiger charge is -2.08. The Balaban J connectivity index is 1.72. The van der Waals surface area contributed by atoms with Gasteiger partial charge in [0.2, 0.25) is 0 Å². The Morgan fingerprint density at radius 2 is 2.14 bits per heavy atom. The SMILES string of the molecule is FC(F)(F)c1cnc(SCc2nnnn2C2CC2)c(Cl)c1. The summed E-state index contributed by atoms with van der Waals surface area (Å²) >= 11 is 7.06. The van der Waals surface area contributed by atoms with Crippen molar-refractivity contribution in [3.8, 4) is 0 Å². The van der Waals surface area contributed by atoms with Crippen LogP contribution in [0.5, 0.6) is 0 Å². The van der Waals surface area contributed by atoms with Crippen LogP contribution in [0.1, 0.15) is 30.3 Å².